The van der Waals surface area contributed by atoms with Gasteiger partial charge in [0.15, 0.2) is 5.82 Å². The Labute approximate surface area is 430 Å². The largest absolute Gasteiger partial charge is 0.492 e. The quantitative estimate of drug-likeness (QED) is 0.0659. The number of thiazole rings is 1. The summed E-state index contributed by atoms with van der Waals surface area (Å²) < 4.78 is 14.3. The van der Waals surface area contributed by atoms with Gasteiger partial charge in [-0.05, 0) is 87.1 Å². The maximum atomic E-state index is 14.7. The molecular formula is C53H56ClN9O7S2. The van der Waals surface area contributed by atoms with E-state index in [1.807, 2.05) is 100 Å². The minimum Gasteiger partial charge on any atom is -0.492 e. The van der Waals surface area contributed by atoms with Crippen molar-refractivity contribution in [2.45, 2.75) is 98.5 Å². The number of amides is 4. The molecule has 3 N–H and O–H groups in total. The van der Waals surface area contributed by atoms with Gasteiger partial charge in [0.25, 0.3) is 0 Å². The molecule has 4 amide bonds. The second-order valence-corrected chi connectivity index (χ2v) is 21.9. The van der Waals surface area contributed by atoms with Gasteiger partial charge in [0.2, 0.25) is 30.0 Å². The standard InChI is InChI=1S/C53H56ClN9O7S2/c1-28-31(4)72-52-45(28)46(34-13-15-37(54)16-14-34)58-40(49-60-59-32(5)63(49)52)24-43(66)55-19-20-69-39-17-18-42-36(21-39)22-44(70-42)62(27-64)48(53(6,7)8)51(68)61-25-38(65)23-41(61)50(67)57-29(2)33-9-11-35(12-10-33)47-30(3)56-26-71-47/h9-18,21-22,26-27,29,38,40-41,48,65H,19-20,23-25H2,1-8H3,(H,55,66)(H,57,67)/t29-,38+,40-,41-,48+/m0/s1. The minimum absolute atomic E-state index is 0.0205. The number of halogens is 1. The van der Waals surface area contributed by atoms with E-state index in [-0.39, 0.29) is 44.3 Å². The summed E-state index contributed by atoms with van der Waals surface area (Å²) in [6.45, 7) is 15.6. The molecule has 6 heterocycles. The van der Waals surface area contributed by atoms with E-state index in [1.54, 1.807) is 46.9 Å². The first-order valence-electron chi connectivity index (χ1n) is 23.7. The van der Waals surface area contributed by atoms with Gasteiger partial charge < -0.3 is 29.8 Å². The lowest BCUT2D eigenvalue weighted by molar-refractivity contribution is -0.142. The number of nitrogens with one attached hydrogen (secondary N) is 2. The highest BCUT2D eigenvalue weighted by Gasteiger charge is 2.47. The van der Waals surface area contributed by atoms with E-state index in [9.17, 15) is 24.3 Å². The number of anilines is 1. The molecule has 0 unspecified atom stereocenters. The predicted octanol–water partition coefficient (Wildman–Crippen LogP) is 8.78. The molecule has 7 aromatic rings. The molecule has 2 aliphatic heterocycles. The molecular weight excluding hydrogens is 974 g/mol. The number of nitrogens with zero attached hydrogens (tertiary/aromatic N) is 7. The number of aliphatic hydroxyl groups is 1. The number of rotatable bonds is 15. The van der Waals surface area contributed by atoms with Crippen LogP contribution in [0.2, 0.25) is 5.02 Å². The molecule has 19 heteroatoms. The number of aliphatic hydroxyl groups excluding tert-OH is 1. The summed E-state index contributed by atoms with van der Waals surface area (Å²) in [6, 6.07) is 19.2. The Kier molecular flexibility index (Phi) is 14.2. The van der Waals surface area contributed by atoms with Crippen LogP contribution in [0.15, 0.2) is 87.7 Å². The number of fused-ring (bicyclic) bond motifs is 4. The maximum Gasteiger partial charge on any atom is 0.247 e. The van der Waals surface area contributed by atoms with Gasteiger partial charge >= 0.3 is 0 Å². The van der Waals surface area contributed by atoms with Gasteiger partial charge in [-0.3, -0.25) is 33.6 Å². The fourth-order valence-corrected chi connectivity index (χ4v) is 11.6. The Morgan fingerprint density at radius 3 is 2.44 bits per heavy atom. The van der Waals surface area contributed by atoms with E-state index in [1.165, 1.54) is 9.80 Å². The van der Waals surface area contributed by atoms with E-state index in [2.05, 4.69) is 39.7 Å². The van der Waals surface area contributed by atoms with Crippen LogP contribution < -0.4 is 20.3 Å². The number of carbonyl (C=O) groups is 4. The van der Waals surface area contributed by atoms with Gasteiger partial charge in [-0.2, -0.15) is 0 Å². The third-order valence-corrected chi connectivity index (χ3v) is 15.7. The molecule has 3 aromatic carbocycles. The Morgan fingerprint density at radius 2 is 1.75 bits per heavy atom. The molecule has 0 radical (unpaired) electrons. The van der Waals surface area contributed by atoms with E-state index in [4.69, 9.17) is 25.7 Å². The molecule has 0 spiro atoms. The van der Waals surface area contributed by atoms with Gasteiger partial charge in [-0.25, -0.2) is 4.98 Å². The molecule has 2 aliphatic rings. The fourth-order valence-electron chi connectivity index (χ4n) is 9.47. The molecule has 4 aromatic heterocycles. The number of benzene rings is 3. The minimum atomic E-state index is -1.11. The van der Waals surface area contributed by atoms with E-state index in [0.29, 0.717) is 39.8 Å². The first-order chi connectivity index (χ1) is 34.4. The van der Waals surface area contributed by atoms with Crippen LogP contribution in [0.1, 0.15) is 97.1 Å². The zero-order valence-corrected chi connectivity index (χ0v) is 43.6. The Morgan fingerprint density at radius 1 is 1.01 bits per heavy atom. The van der Waals surface area contributed by atoms with Crippen molar-refractivity contribution in [3.05, 3.63) is 128 Å². The maximum absolute atomic E-state index is 14.7. The van der Waals surface area contributed by atoms with Crippen LogP contribution >= 0.6 is 34.3 Å². The van der Waals surface area contributed by atoms with Crippen LogP contribution in [-0.2, 0) is 19.2 Å². The van der Waals surface area contributed by atoms with Crippen LogP contribution in [0.3, 0.4) is 0 Å². The number of hydrogen-bond acceptors (Lipinski definition) is 13. The second-order valence-electron chi connectivity index (χ2n) is 19.4. The number of ether oxygens (including phenoxy) is 1. The summed E-state index contributed by atoms with van der Waals surface area (Å²) in [5.41, 5.74) is 8.00. The molecule has 5 atom stereocenters. The van der Waals surface area contributed by atoms with Gasteiger partial charge in [0, 0.05) is 45.4 Å². The summed E-state index contributed by atoms with van der Waals surface area (Å²) in [6.07, 6.45) is -0.319. The van der Waals surface area contributed by atoms with Crippen molar-refractivity contribution in [1.82, 2.24) is 35.3 Å². The van der Waals surface area contributed by atoms with E-state index >= 15 is 0 Å². The summed E-state index contributed by atoms with van der Waals surface area (Å²) >= 11 is 9.48. The van der Waals surface area contributed by atoms with E-state index in [0.717, 1.165) is 54.0 Å². The molecule has 9 rings (SSSR count). The Balaban J connectivity index is 0.849. The predicted molar refractivity (Wildman–Crippen MR) is 279 cm³/mol. The van der Waals surface area contributed by atoms with Crippen molar-refractivity contribution in [3.63, 3.8) is 0 Å². The topological polar surface area (TPSA) is 197 Å². The lowest BCUT2D eigenvalue weighted by Crippen LogP contribution is -2.58. The lowest BCUT2D eigenvalue weighted by Gasteiger charge is -2.39. The highest BCUT2D eigenvalue weighted by Crippen LogP contribution is 2.40. The number of aliphatic imine (C=N–C) groups is 1. The molecule has 0 saturated carbocycles. The molecule has 1 fully saturated rings. The van der Waals surface area contributed by atoms with Crippen molar-refractivity contribution >= 4 is 81.0 Å². The van der Waals surface area contributed by atoms with Crippen LogP contribution in [0.4, 0.5) is 5.88 Å². The van der Waals surface area contributed by atoms with Crippen molar-refractivity contribution in [3.8, 4) is 21.2 Å². The van der Waals surface area contributed by atoms with Crippen molar-refractivity contribution in [2.24, 2.45) is 10.4 Å². The second kappa shape index (κ2) is 20.4. The average molecular weight is 1030 g/mol. The van der Waals surface area contributed by atoms with Crippen molar-refractivity contribution < 1.29 is 33.4 Å². The summed E-state index contributed by atoms with van der Waals surface area (Å²) in [7, 11) is 0. The highest BCUT2D eigenvalue weighted by atomic mass is 35.5. The molecule has 1 saturated heterocycles. The van der Waals surface area contributed by atoms with Crippen LogP contribution in [0.5, 0.6) is 5.75 Å². The average Bonchev–Trinajstić information content (AvgIpc) is 4.18. The molecule has 0 bridgehead atoms. The van der Waals surface area contributed by atoms with Crippen LogP contribution in [0.25, 0.3) is 26.4 Å². The monoisotopic (exact) mass is 1030 g/mol. The fraction of sp³-hybridized carbons (Fsp3) is 0.358. The van der Waals surface area contributed by atoms with Crippen LogP contribution in [0, 0.1) is 33.1 Å². The molecule has 16 nitrogen and oxygen atoms in total. The molecule has 374 valence electrons. The van der Waals surface area contributed by atoms with Crippen molar-refractivity contribution in [2.75, 3.05) is 24.6 Å². The number of carbonyl (C=O) groups excluding carboxylic acids is 4. The number of aromatic nitrogens is 4. The number of hydrogen-bond donors (Lipinski definition) is 3. The zero-order valence-electron chi connectivity index (χ0n) is 41.2. The third-order valence-electron chi connectivity index (χ3n) is 13.2. The highest BCUT2D eigenvalue weighted by molar-refractivity contribution is 7.15. The normalized spacial score (nSPS) is 17.4. The smallest absolute Gasteiger partial charge is 0.247 e. The number of likely N-dealkylation sites (tertiary alicyclic amines) is 1. The van der Waals surface area contributed by atoms with Crippen molar-refractivity contribution in [1.29, 1.82) is 0 Å². The van der Waals surface area contributed by atoms with E-state index < -0.39 is 47.5 Å². The molecule has 0 aliphatic carbocycles. The summed E-state index contributed by atoms with van der Waals surface area (Å²) in [5, 5.41) is 27.9. The number of furan rings is 1. The first-order valence-corrected chi connectivity index (χ1v) is 25.8. The zero-order chi connectivity index (χ0) is 51.2. The first kappa shape index (κ1) is 50.2. The Bertz CT molecular complexity index is 3210. The molecule has 72 heavy (non-hydrogen) atoms. The van der Waals surface area contributed by atoms with Gasteiger partial charge in [-0.1, -0.05) is 68.8 Å². The van der Waals surface area contributed by atoms with Gasteiger partial charge in [0.1, 0.15) is 46.9 Å². The summed E-state index contributed by atoms with van der Waals surface area (Å²) in [5.74, 6) is 0.749. The van der Waals surface area contributed by atoms with Crippen LogP contribution in [-0.4, -0.2) is 97.5 Å². The summed E-state index contributed by atoms with van der Waals surface area (Å²) in [4.78, 5) is 69.6. The number of thiophene rings is 1. The number of aryl methyl sites for hydroxylation is 3. The lowest BCUT2D eigenvalue weighted by atomic mass is 9.84. The SMILES string of the molecule is Cc1ncsc1-c1ccc([C@H](C)NC(=O)[C@@H]2C[C@@H](O)CN2C(=O)[C@@H](N(C=O)c2cc3cc(OCCNC(=O)C[C@@H]4N=C(c5ccc(Cl)cc5)c5c(sc(C)c5C)-n5c(C)nnc54)ccc3o2)C(C)(C)C)cc1. The Hall–Kier alpha value is -6.73. The van der Waals surface area contributed by atoms with Gasteiger partial charge in [0.05, 0.1) is 46.9 Å². The third kappa shape index (κ3) is 10.0. The number of β-amino-alcohol motifs (C(OH)–C–C–N with tert-alkyl or cyclic N) is 1. The van der Waals surface area contributed by atoms with Gasteiger partial charge in [-0.15, -0.1) is 32.9 Å².